The Morgan fingerprint density at radius 3 is 2.50 bits per heavy atom. The third kappa shape index (κ3) is 2.75. The van der Waals surface area contributed by atoms with Crippen LogP contribution in [-0.4, -0.2) is 35.9 Å². The van der Waals surface area contributed by atoms with Gasteiger partial charge in [0, 0.05) is 35.5 Å². The maximum absolute atomic E-state index is 9.38. The van der Waals surface area contributed by atoms with Crippen LogP contribution in [0.3, 0.4) is 0 Å². The number of nitrogen functional groups attached to an aromatic ring is 1. The van der Waals surface area contributed by atoms with Crippen LogP contribution in [0.5, 0.6) is 0 Å². The highest BCUT2D eigenvalue weighted by molar-refractivity contribution is 5.60. The van der Waals surface area contributed by atoms with E-state index in [1.54, 1.807) is 0 Å². The average Bonchev–Trinajstić information content (AvgIpc) is 2.86. The van der Waals surface area contributed by atoms with Crippen molar-refractivity contribution in [2.24, 2.45) is 11.5 Å². The lowest BCUT2D eigenvalue weighted by Gasteiger charge is -2.37. The Labute approximate surface area is 120 Å². The fraction of sp³-hybridized carbons (Fsp3) is 0.600. The summed E-state index contributed by atoms with van der Waals surface area (Å²) >= 11 is 0. The molecule has 7 N–H and O–H groups in total. The zero-order chi connectivity index (χ0) is 14.9. The summed E-state index contributed by atoms with van der Waals surface area (Å²) < 4.78 is 0. The van der Waals surface area contributed by atoms with Gasteiger partial charge in [-0.2, -0.15) is 0 Å². The van der Waals surface area contributed by atoms with E-state index in [2.05, 4.69) is 11.0 Å². The molecule has 0 aromatic heterocycles. The van der Waals surface area contributed by atoms with Crippen LogP contribution in [0.1, 0.15) is 25.3 Å². The first-order chi connectivity index (χ1) is 9.45. The van der Waals surface area contributed by atoms with Crippen LogP contribution in [0, 0.1) is 6.92 Å². The molecule has 1 aliphatic rings. The molecule has 1 aromatic carbocycles. The van der Waals surface area contributed by atoms with Gasteiger partial charge in [-0.15, -0.1) is 0 Å². The summed E-state index contributed by atoms with van der Waals surface area (Å²) in [6, 6.07) is 6.19. The lowest BCUT2D eigenvalue weighted by atomic mass is 10.1. The first-order valence-corrected chi connectivity index (χ1v) is 7.22. The lowest BCUT2D eigenvalue weighted by molar-refractivity contribution is 0.248. The van der Waals surface area contributed by atoms with Gasteiger partial charge >= 0.3 is 0 Å². The fourth-order valence-corrected chi connectivity index (χ4v) is 3.13. The van der Waals surface area contributed by atoms with Crippen LogP contribution in [-0.2, 0) is 0 Å². The summed E-state index contributed by atoms with van der Waals surface area (Å²) in [6.07, 6.45) is 1.96. The van der Waals surface area contributed by atoms with E-state index < -0.39 is 0 Å². The molecule has 112 valence electrons. The van der Waals surface area contributed by atoms with Crippen molar-refractivity contribution in [3.63, 3.8) is 0 Å². The molecule has 2 rings (SSSR count). The average molecular weight is 278 g/mol. The monoisotopic (exact) mass is 278 g/mol. The predicted molar refractivity (Wildman–Crippen MR) is 83.6 cm³/mol. The molecular formula is C15H26N4O. The lowest BCUT2D eigenvalue weighted by Crippen LogP contribution is -2.52. The molecule has 1 saturated heterocycles. The molecule has 0 saturated carbocycles. The Kier molecular flexibility index (Phi) is 4.52. The Hall–Kier alpha value is -1.30. The van der Waals surface area contributed by atoms with Crippen molar-refractivity contribution >= 4 is 11.4 Å². The Bertz CT molecular complexity index is 463. The second kappa shape index (κ2) is 5.99. The zero-order valence-corrected chi connectivity index (χ0v) is 12.3. The van der Waals surface area contributed by atoms with Crippen molar-refractivity contribution in [1.82, 2.24) is 0 Å². The number of aliphatic hydroxyl groups excluding tert-OH is 1. The second-order valence-electron chi connectivity index (χ2n) is 5.87. The SMILES string of the molecule is Cc1cc(N2C(C(C)N)CCC2C(N)CO)ccc1N. The second-order valence-corrected chi connectivity index (χ2v) is 5.87. The predicted octanol–water partition coefficient (Wildman–Crippen LogP) is 0.581. The number of anilines is 2. The number of aryl methyl sites for hydroxylation is 1. The van der Waals surface area contributed by atoms with E-state index in [-0.39, 0.29) is 30.8 Å². The molecule has 1 aliphatic heterocycles. The van der Waals surface area contributed by atoms with Crippen LogP contribution in [0.25, 0.3) is 0 Å². The van der Waals surface area contributed by atoms with Crippen LogP contribution in [0.15, 0.2) is 18.2 Å². The number of nitrogens with two attached hydrogens (primary N) is 3. The standard InChI is InChI=1S/C15H26N4O/c1-9-7-11(3-4-12(9)17)19-14(10(2)16)5-6-15(19)13(18)8-20/h3-4,7,10,13-15,20H,5-6,8,16-18H2,1-2H3. The van der Waals surface area contributed by atoms with E-state index in [1.807, 2.05) is 26.0 Å². The van der Waals surface area contributed by atoms with E-state index >= 15 is 0 Å². The van der Waals surface area contributed by atoms with Crippen LogP contribution >= 0.6 is 0 Å². The van der Waals surface area contributed by atoms with Crippen LogP contribution < -0.4 is 22.1 Å². The highest BCUT2D eigenvalue weighted by Gasteiger charge is 2.38. The molecule has 0 spiro atoms. The van der Waals surface area contributed by atoms with E-state index in [4.69, 9.17) is 17.2 Å². The van der Waals surface area contributed by atoms with Crippen molar-refractivity contribution in [3.8, 4) is 0 Å². The van der Waals surface area contributed by atoms with Gasteiger partial charge in [-0.25, -0.2) is 0 Å². The molecule has 20 heavy (non-hydrogen) atoms. The van der Waals surface area contributed by atoms with Gasteiger partial charge in [-0.1, -0.05) is 0 Å². The van der Waals surface area contributed by atoms with Gasteiger partial charge in [-0.05, 0) is 50.5 Å². The van der Waals surface area contributed by atoms with Crippen molar-refractivity contribution in [1.29, 1.82) is 0 Å². The Morgan fingerprint density at radius 2 is 1.95 bits per heavy atom. The van der Waals surface area contributed by atoms with E-state index in [0.29, 0.717) is 0 Å². The Morgan fingerprint density at radius 1 is 1.30 bits per heavy atom. The molecule has 0 radical (unpaired) electrons. The molecule has 0 amide bonds. The number of benzene rings is 1. The van der Waals surface area contributed by atoms with Crippen molar-refractivity contribution in [2.75, 3.05) is 17.2 Å². The highest BCUT2D eigenvalue weighted by atomic mass is 16.3. The van der Waals surface area contributed by atoms with Gasteiger partial charge in [0.05, 0.1) is 6.61 Å². The molecule has 1 aromatic rings. The molecule has 0 bridgehead atoms. The molecule has 4 unspecified atom stereocenters. The highest BCUT2D eigenvalue weighted by Crippen LogP contribution is 2.34. The minimum atomic E-state index is -0.253. The minimum Gasteiger partial charge on any atom is -0.399 e. The fourth-order valence-electron chi connectivity index (χ4n) is 3.13. The smallest absolute Gasteiger partial charge is 0.0602 e. The molecule has 0 aliphatic carbocycles. The van der Waals surface area contributed by atoms with E-state index in [9.17, 15) is 5.11 Å². The molecule has 5 heteroatoms. The van der Waals surface area contributed by atoms with Crippen LogP contribution in [0.2, 0.25) is 0 Å². The van der Waals surface area contributed by atoms with Gasteiger partial charge in [0.2, 0.25) is 0 Å². The van der Waals surface area contributed by atoms with Gasteiger partial charge in [0.15, 0.2) is 0 Å². The molecule has 5 nitrogen and oxygen atoms in total. The first kappa shape index (κ1) is 15.1. The number of nitrogens with zero attached hydrogens (tertiary/aromatic N) is 1. The van der Waals surface area contributed by atoms with Gasteiger partial charge in [0.1, 0.15) is 0 Å². The molecular weight excluding hydrogens is 252 g/mol. The van der Waals surface area contributed by atoms with Crippen molar-refractivity contribution in [2.45, 2.75) is 50.9 Å². The quantitative estimate of drug-likeness (QED) is 0.604. The number of rotatable bonds is 4. The number of aliphatic hydroxyl groups is 1. The van der Waals surface area contributed by atoms with Crippen molar-refractivity contribution < 1.29 is 5.11 Å². The summed E-state index contributed by atoms with van der Waals surface area (Å²) in [5.41, 5.74) is 21.0. The van der Waals surface area contributed by atoms with Crippen LogP contribution in [0.4, 0.5) is 11.4 Å². The molecule has 1 heterocycles. The van der Waals surface area contributed by atoms with Gasteiger partial charge in [-0.3, -0.25) is 0 Å². The number of hydrogen-bond donors (Lipinski definition) is 4. The van der Waals surface area contributed by atoms with E-state index in [0.717, 1.165) is 29.8 Å². The maximum atomic E-state index is 9.38. The molecule has 4 atom stereocenters. The largest absolute Gasteiger partial charge is 0.399 e. The van der Waals surface area contributed by atoms with Gasteiger partial charge in [0.25, 0.3) is 0 Å². The first-order valence-electron chi connectivity index (χ1n) is 7.22. The Balaban J connectivity index is 2.36. The van der Waals surface area contributed by atoms with Gasteiger partial charge < -0.3 is 27.2 Å². The summed E-state index contributed by atoms with van der Waals surface area (Å²) in [4.78, 5) is 2.28. The molecule has 1 fully saturated rings. The summed E-state index contributed by atoms with van der Waals surface area (Å²) in [5, 5.41) is 9.38. The summed E-state index contributed by atoms with van der Waals surface area (Å²) in [5.74, 6) is 0. The third-order valence-corrected chi connectivity index (χ3v) is 4.34. The summed E-state index contributed by atoms with van der Waals surface area (Å²) in [7, 11) is 0. The third-order valence-electron chi connectivity index (χ3n) is 4.34. The number of hydrogen-bond acceptors (Lipinski definition) is 5. The van der Waals surface area contributed by atoms with E-state index in [1.165, 1.54) is 0 Å². The topological polar surface area (TPSA) is 102 Å². The normalized spacial score (nSPS) is 25.8. The summed E-state index contributed by atoms with van der Waals surface area (Å²) in [6.45, 7) is 4.01. The minimum absolute atomic E-state index is 0.0131. The van der Waals surface area contributed by atoms with Crippen molar-refractivity contribution in [3.05, 3.63) is 23.8 Å². The maximum Gasteiger partial charge on any atom is 0.0602 e. The zero-order valence-electron chi connectivity index (χ0n) is 12.3.